The number of aromatic carboxylic acids is 1. The molecule has 2 aromatic rings. The third-order valence-corrected chi connectivity index (χ3v) is 3.35. The Balaban J connectivity index is 2.59. The van der Waals surface area contributed by atoms with Crippen molar-refractivity contribution < 1.29 is 19.0 Å². The van der Waals surface area contributed by atoms with E-state index in [9.17, 15) is 9.18 Å². The second-order valence-corrected chi connectivity index (χ2v) is 5.07. The van der Waals surface area contributed by atoms with Crippen LogP contribution in [0.15, 0.2) is 22.7 Å². The van der Waals surface area contributed by atoms with E-state index in [0.717, 1.165) is 5.56 Å². The SMILES string of the molecule is COCc1cc(Br)c(F)c(-c2cc(C(=O)O)nn2C)c1. The standard InChI is InChI=1S/C13H12BrFN2O3/c1-17-11(5-10(16-17)13(18)19)8-3-7(6-20-2)4-9(14)12(8)15/h3-5H,6H2,1-2H3,(H,18,19). The molecule has 5 nitrogen and oxygen atoms in total. The number of carboxylic acids is 1. The van der Waals surface area contributed by atoms with Gasteiger partial charge in [0.15, 0.2) is 5.69 Å². The molecule has 1 N–H and O–H groups in total. The van der Waals surface area contributed by atoms with Gasteiger partial charge in [0.2, 0.25) is 0 Å². The van der Waals surface area contributed by atoms with Gasteiger partial charge in [-0.3, -0.25) is 4.68 Å². The highest BCUT2D eigenvalue weighted by atomic mass is 79.9. The zero-order chi connectivity index (χ0) is 14.9. The van der Waals surface area contributed by atoms with Crippen molar-refractivity contribution in [3.05, 3.63) is 39.7 Å². The molecule has 0 radical (unpaired) electrons. The summed E-state index contributed by atoms with van der Waals surface area (Å²) in [6.07, 6.45) is 0. The minimum Gasteiger partial charge on any atom is -0.476 e. The second-order valence-electron chi connectivity index (χ2n) is 4.22. The summed E-state index contributed by atoms with van der Waals surface area (Å²) < 4.78 is 20.9. The lowest BCUT2D eigenvalue weighted by molar-refractivity contribution is 0.0689. The van der Waals surface area contributed by atoms with Crippen molar-refractivity contribution >= 4 is 21.9 Å². The Hall–Kier alpha value is -1.73. The number of carbonyl (C=O) groups is 1. The quantitative estimate of drug-likeness (QED) is 0.927. The lowest BCUT2D eigenvalue weighted by Gasteiger charge is -2.08. The number of methoxy groups -OCH3 is 1. The van der Waals surface area contributed by atoms with Crippen LogP contribution in [0.5, 0.6) is 0 Å². The van der Waals surface area contributed by atoms with Crippen molar-refractivity contribution in [1.82, 2.24) is 9.78 Å². The van der Waals surface area contributed by atoms with Gasteiger partial charge in [-0.15, -0.1) is 0 Å². The van der Waals surface area contributed by atoms with Crippen LogP contribution in [0, 0.1) is 5.82 Å². The predicted octanol–water partition coefficient (Wildman–Crippen LogP) is 2.83. The Kier molecular flexibility index (Phi) is 4.20. The van der Waals surface area contributed by atoms with Gasteiger partial charge in [0, 0.05) is 19.7 Å². The molecule has 0 aliphatic carbocycles. The maximum Gasteiger partial charge on any atom is 0.356 e. The molecule has 0 aliphatic heterocycles. The van der Waals surface area contributed by atoms with Gasteiger partial charge in [0.05, 0.1) is 16.8 Å². The number of aryl methyl sites for hydroxylation is 1. The first kappa shape index (κ1) is 14.7. The molecule has 2 rings (SSSR count). The summed E-state index contributed by atoms with van der Waals surface area (Å²) in [6, 6.07) is 4.58. The molecule has 0 fully saturated rings. The average molecular weight is 343 g/mol. The summed E-state index contributed by atoms with van der Waals surface area (Å²) in [6.45, 7) is 0.329. The van der Waals surface area contributed by atoms with Crippen LogP contribution in [-0.4, -0.2) is 28.0 Å². The minimum atomic E-state index is -1.15. The highest BCUT2D eigenvalue weighted by molar-refractivity contribution is 9.10. The van der Waals surface area contributed by atoms with Gasteiger partial charge in [-0.2, -0.15) is 5.10 Å². The molecule has 7 heteroatoms. The maximum absolute atomic E-state index is 14.2. The molecular formula is C13H12BrFN2O3. The van der Waals surface area contributed by atoms with Crippen molar-refractivity contribution in [3.63, 3.8) is 0 Å². The van der Waals surface area contributed by atoms with Crippen LogP contribution >= 0.6 is 15.9 Å². The van der Waals surface area contributed by atoms with Crippen LogP contribution < -0.4 is 0 Å². The van der Waals surface area contributed by atoms with Gasteiger partial charge in [-0.1, -0.05) is 0 Å². The van der Waals surface area contributed by atoms with Crippen molar-refractivity contribution in [1.29, 1.82) is 0 Å². The van der Waals surface area contributed by atoms with Gasteiger partial charge in [-0.05, 0) is 39.7 Å². The summed E-state index contributed by atoms with van der Waals surface area (Å²) in [7, 11) is 3.11. The molecule has 0 unspecified atom stereocenters. The van der Waals surface area contributed by atoms with Crippen molar-refractivity contribution in [3.8, 4) is 11.3 Å². The minimum absolute atomic E-state index is 0.129. The van der Waals surface area contributed by atoms with E-state index in [1.165, 1.54) is 10.7 Å². The number of hydrogen-bond donors (Lipinski definition) is 1. The Bertz CT molecular complexity index is 670. The molecule has 0 atom stereocenters. The number of benzene rings is 1. The first-order valence-electron chi connectivity index (χ1n) is 5.68. The topological polar surface area (TPSA) is 64.3 Å². The molecular weight excluding hydrogens is 331 g/mol. The van der Waals surface area contributed by atoms with Gasteiger partial charge in [-0.25, -0.2) is 9.18 Å². The average Bonchev–Trinajstić information content (AvgIpc) is 2.76. The molecule has 0 amide bonds. The normalized spacial score (nSPS) is 10.8. The van der Waals surface area contributed by atoms with E-state index in [1.54, 1.807) is 26.3 Å². The third kappa shape index (κ3) is 2.73. The van der Waals surface area contributed by atoms with Crippen LogP contribution in [-0.2, 0) is 18.4 Å². The number of carboxylic acid groups (broad SMARTS) is 1. The molecule has 0 saturated heterocycles. The molecule has 0 aliphatic rings. The number of rotatable bonds is 4. The maximum atomic E-state index is 14.2. The van der Waals surface area contributed by atoms with Gasteiger partial charge < -0.3 is 9.84 Å². The summed E-state index contributed by atoms with van der Waals surface area (Å²) in [5.74, 6) is -1.62. The molecule has 1 aromatic carbocycles. The zero-order valence-corrected chi connectivity index (χ0v) is 12.4. The fraction of sp³-hybridized carbons (Fsp3) is 0.231. The molecule has 106 valence electrons. The highest BCUT2D eigenvalue weighted by Crippen LogP contribution is 2.30. The van der Waals surface area contributed by atoms with Crippen LogP contribution in [0.25, 0.3) is 11.3 Å². The Labute approximate surface area is 123 Å². The Morgan fingerprint density at radius 3 is 2.75 bits per heavy atom. The number of halogens is 2. The monoisotopic (exact) mass is 342 g/mol. The first-order valence-corrected chi connectivity index (χ1v) is 6.48. The summed E-state index contributed by atoms with van der Waals surface area (Å²) in [4.78, 5) is 10.9. The van der Waals surface area contributed by atoms with Crippen molar-refractivity contribution in [2.45, 2.75) is 6.61 Å². The van der Waals surface area contributed by atoms with Crippen LogP contribution in [0.2, 0.25) is 0 Å². The van der Waals surface area contributed by atoms with Crippen LogP contribution in [0.3, 0.4) is 0 Å². The highest BCUT2D eigenvalue weighted by Gasteiger charge is 2.17. The van der Waals surface area contributed by atoms with E-state index in [2.05, 4.69) is 21.0 Å². The van der Waals surface area contributed by atoms with Gasteiger partial charge in [0.1, 0.15) is 5.82 Å². The molecule has 1 aromatic heterocycles. The van der Waals surface area contributed by atoms with Gasteiger partial charge in [0.25, 0.3) is 0 Å². The van der Waals surface area contributed by atoms with E-state index < -0.39 is 11.8 Å². The molecule has 0 bridgehead atoms. The van der Waals surface area contributed by atoms with E-state index in [-0.39, 0.29) is 11.3 Å². The van der Waals surface area contributed by atoms with Crippen molar-refractivity contribution in [2.24, 2.45) is 7.05 Å². The molecule has 0 saturated carbocycles. The van der Waals surface area contributed by atoms with Crippen molar-refractivity contribution in [2.75, 3.05) is 7.11 Å². The molecule has 0 spiro atoms. The van der Waals surface area contributed by atoms with Crippen LogP contribution in [0.4, 0.5) is 4.39 Å². The Morgan fingerprint density at radius 1 is 1.50 bits per heavy atom. The predicted molar refractivity (Wildman–Crippen MR) is 74.0 cm³/mol. The summed E-state index contributed by atoms with van der Waals surface area (Å²) in [5.41, 5.74) is 1.30. The zero-order valence-electron chi connectivity index (χ0n) is 10.9. The first-order chi connectivity index (χ1) is 9.43. The van der Waals surface area contributed by atoms with E-state index in [4.69, 9.17) is 9.84 Å². The number of ether oxygens (including phenoxy) is 1. The summed E-state index contributed by atoms with van der Waals surface area (Å²) in [5, 5.41) is 12.8. The lowest BCUT2D eigenvalue weighted by Crippen LogP contribution is -2.00. The van der Waals surface area contributed by atoms with E-state index >= 15 is 0 Å². The third-order valence-electron chi connectivity index (χ3n) is 2.77. The lowest BCUT2D eigenvalue weighted by atomic mass is 10.1. The molecule has 1 heterocycles. The molecule has 20 heavy (non-hydrogen) atoms. The number of hydrogen-bond acceptors (Lipinski definition) is 3. The second kappa shape index (κ2) is 5.72. The summed E-state index contributed by atoms with van der Waals surface area (Å²) >= 11 is 3.15. The fourth-order valence-electron chi connectivity index (χ4n) is 1.91. The van der Waals surface area contributed by atoms with Gasteiger partial charge >= 0.3 is 5.97 Å². The van der Waals surface area contributed by atoms with E-state index in [0.29, 0.717) is 16.8 Å². The fourth-order valence-corrected chi connectivity index (χ4v) is 2.41. The van der Waals surface area contributed by atoms with E-state index in [1.807, 2.05) is 0 Å². The number of nitrogens with zero attached hydrogens (tertiary/aromatic N) is 2. The Morgan fingerprint density at radius 2 is 2.20 bits per heavy atom. The van der Waals surface area contributed by atoms with Crippen LogP contribution in [0.1, 0.15) is 16.1 Å². The smallest absolute Gasteiger partial charge is 0.356 e. The number of aromatic nitrogens is 2. The largest absolute Gasteiger partial charge is 0.476 e.